The summed E-state index contributed by atoms with van der Waals surface area (Å²) in [5.74, 6) is -1.60. The van der Waals surface area contributed by atoms with E-state index in [2.05, 4.69) is 15.9 Å². The molecule has 0 saturated carbocycles. The molecule has 7 heteroatoms. The Bertz CT molecular complexity index is 534. The number of benzene rings is 1. The van der Waals surface area contributed by atoms with Gasteiger partial charge >= 0.3 is 5.97 Å². The van der Waals surface area contributed by atoms with Crippen molar-refractivity contribution >= 4 is 33.5 Å². The van der Waals surface area contributed by atoms with Crippen molar-refractivity contribution in [1.82, 2.24) is 4.90 Å². The molecule has 2 rings (SSSR count). The van der Waals surface area contributed by atoms with E-state index in [0.717, 1.165) is 9.37 Å². The fourth-order valence-electron chi connectivity index (χ4n) is 2.16. The highest BCUT2D eigenvalue weighted by Gasteiger charge is 2.39. The number of likely N-dealkylation sites (tertiary alicyclic amines) is 1. The van der Waals surface area contributed by atoms with Crippen LogP contribution in [0.5, 0.6) is 0 Å². The Hall–Kier alpha value is -1.60. The molecule has 0 aliphatic carbocycles. The second-order valence-corrected chi connectivity index (χ2v) is 5.35. The van der Waals surface area contributed by atoms with Crippen LogP contribution >= 0.6 is 15.9 Å². The van der Waals surface area contributed by atoms with E-state index in [-0.39, 0.29) is 24.2 Å². The maximum Gasteiger partial charge on any atom is 0.326 e. The number of carbonyl (C=O) groups is 2. The molecule has 1 aliphatic rings. The largest absolute Gasteiger partial charge is 0.480 e. The van der Waals surface area contributed by atoms with Crippen LogP contribution in [-0.4, -0.2) is 45.7 Å². The molecule has 6 nitrogen and oxygen atoms in total. The highest BCUT2D eigenvalue weighted by molar-refractivity contribution is 9.10. The summed E-state index contributed by atoms with van der Waals surface area (Å²) in [5, 5.41) is 18.6. The summed E-state index contributed by atoms with van der Waals surface area (Å²) in [5.41, 5.74) is 6.27. The lowest BCUT2D eigenvalue weighted by Gasteiger charge is -2.21. The summed E-state index contributed by atoms with van der Waals surface area (Å²) in [6, 6.07) is 3.76. The lowest BCUT2D eigenvalue weighted by atomic mass is 10.1. The number of hydrogen-bond acceptors (Lipinski definition) is 4. The molecule has 0 spiro atoms. The minimum Gasteiger partial charge on any atom is -0.480 e. The molecule has 1 heterocycles. The summed E-state index contributed by atoms with van der Waals surface area (Å²) in [6.07, 6.45) is -0.779. The number of carboxylic acid groups (broad SMARTS) is 1. The van der Waals surface area contributed by atoms with E-state index >= 15 is 0 Å². The molecule has 0 radical (unpaired) electrons. The van der Waals surface area contributed by atoms with Crippen LogP contribution in [0.15, 0.2) is 22.7 Å². The molecule has 1 aliphatic heterocycles. The van der Waals surface area contributed by atoms with Crippen molar-refractivity contribution in [2.75, 3.05) is 12.3 Å². The van der Waals surface area contributed by atoms with Gasteiger partial charge in [0, 0.05) is 23.1 Å². The number of nitrogens with two attached hydrogens (primary N) is 1. The predicted molar refractivity (Wildman–Crippen MR) is 71.6 cm³/mol. The third kappa shape index (κ3) is 2.71. The molecule has 1 fully saturated rings. The number of hydrogen-bond donors (Lipinski definition) is 3. The number of amides is 1. The monoisotopic (exact) mass is 328 g/mol. The first-order valence-electron chi connectivity index (χ1n) is 5.67. The first kappa shape index (κ1) is 13.8. The van der Waals surface area contributed by atoms with E-state index in [9.17, 15) is 14.7 Å². The van der Waals surface area contributed by atoms with Crippen molar-refractivity contribution in [3.8, 4) is 0 Å². The van der Waals surface area contributed by atoms with Gasteiger partial charge in [-0.25, -0.2) is 4.79 Å². The molecule has 1 amide bonds. The number of nitrogen functional groups attached to an aromatic ring is 1. The van der Waals surface area contributed by atoms with E-state index in [1.807, 2.05) is 0 Å². The van der Waals surface area contributed by atoms with Gasteiger partial charge in [-0.05, 0) is 18.2 Å². The van der Waals surface area contributed by atoms with Gasteiger partial charge in [-0.3, -0.25) is 4.79 Å². The van der Waals surface area contributed by atoms with Crippen LogP contribution in [0.1, 0.15) is 16.8 Å². The number of anilines is 1. The minimum absolute atomic E-state index is 0.00526. The summed E-state index contributed by atoms with van der Waals surface area (Å²) in [7, 11) is 0. The third-order valence-electron chi connectivity index (χ3n) is 3.07. The number of carbonyl (C=O) groups excluding carboxylic acids is 1. The quantitative estimate of drug-likeness (QED) is 0.693. The molecule has 4 N–H and O–H groups in total. The van der Waals surface area contributed by atoms with E-state index in [1.54, 1.807) is 12.1 Å². The van der Waals surface area contributed by atoms with Gasteiger partial charge in [0.15, 0.2) is 0 Å². The van der Waals surface area contributed by atoms with Gasteiger partial charge in [-0.15, -0.1) is 0 Å². The second kappa shape index (κ2) is 5.18. The zero-order valence-corrected chi connectivity index (χ0v) is 11.5. The molecule has 1 aromatic rings. The predicted octanol–water partition coefficient (Wildman–Crippen LogP) is 0.691. The highest BCUT2D eigenvalue weighted by Crippen LogP contribution is 2.25. The minimum atomic E-state index is -1.12. The number of aliphatic carboxylic acids is 1. The molecule has 2 unspecified atom stereocenters. The first-order valence-corrected chi connectivity index (χ1v) is 6.46. The molecule has 19 heavy (non-hydrogen) atoms. The Morgan fingerprint density at radius 1 is 1.42 bits per heavy atom. The average Bonchev–Trinajstić information content (AvgIpc) is 2.70. The van der Waals surface area contributed by atoms with Crippen molar-refractivity contribution in [3.63, 3.8) is 0 Å². The SMILES string of the molecule is Nc1cc(Br)ccc1C(=O)N1CC(O)CC1C(=O)O. The van der Waals surface area contributed by atoms with Crippen LogP contribution in [0.4, 0.5) is 5.69 Å². The fourth-order valence-corrected chi connectivity index (χ4v) is 2.53. The van der Waals surface area contributed by atoms with Crippen LogP contribution in [0.25, 0.3) is 0 Å². The van der Waals surface area contributed by atoms with Crippen LogP contribution < -0.4 is 5.73 Å². The topological polar surface area (TPSA) is 104 Å². The van der Waals surface area contributed by atoms with Gasteiger partial charge in [-0.2, -0.15) is 0 Å². The molecular weight excluding hydrogens is 316 g/mol. The van der Waals surface area contributed by atoms with Crippen LogP contribution in [-0.2, 0) is 4.79 Å². The summed E-state index contributed by atoms with van der Waals surface area (Å²) < 4.78 is 0.734. The Morgan fingerprint density at radius 3 is 2.68 bits per heavy atom. The number of aliphatic hydroxyl groups is 1. The van der Waals surface area contributed by atoms with E-state index in [1.165, 1.54) is 6.07 Å². The molecule has 1 aromatic carbocycles. The summed E-state index contributed by atoms with van der Waals surface area (Å²) >= 11 is 3.23. The maximum atomic E-state index is 12.3. The number of carboxylic acids is 1. The molecular formula is C12H13BrN2O4. The van der Waals surface area contributed by atoms with E-state index in [0.29, 0.717) is 0 Å². The number of β-amino-alcohol motifs (C(OH)–C–C–N with tert-alkyl or cyclic N) is 1. The molecule has 0 aromatic heterocycles. The standard InChI is InChI=1S/C12H13BrN2O4/c13-6-1-2-8(9(14)3-6)11(17)15-5-7(16)4-10(15)12(18)19/h1-3,7,10,16H,4-5,14H2,(H,18,19). The number of aliphatic hydroxyl groups excluding tert-OH is 1. The van der Waals surface area contributed by atoms with Crippen LogP contribution in [0, 0.1) is 0 Å². The fraction of sp³-hybridized carbons (Fsp3) is 0.333. The van der Waals surface area contributed by atoms with Gasteiger partial charge in [0.2, 0.25) is 0 Å². The van der Waals surface area contributed by atoms with Gasteiger partial charge < -0.3 is 20.8 Å². The third-order valence-corrected chi connectivity index (χ3v) is 3.56. The van der Waals surface area contributed by atoms with Crippen molar-refractivity contribution in [2.24, 2.45) is 0 Å². The Morgan fingerprint density at radius 2 is 2.11 bits per heavy atom. The van der Waals surface area contributed by atoms with Crippen molar-refractivity contribution < 1.29 is 19.8 Å². The Kier molecular flexibility index (Phi) is 3.77. The van der Waals surface area contributed by atoms with Crippen molar-refractivity contribution in [1.29, 1.82) is 0 Å². The molecule has 1 saturated heterocycles. The first-order chi connectivity index (χ1) is 8.90. The average molecular weight is 329 g/mol. The summed E-state index contributed by atoms with van der Waals surface area (Å²) in [6.45, 7) is 0.00526. The van der Waals surface area contributed by atoms with Crippen LogP contribution in [0.2, 0.25) is 0 Å². The lowest BCUT2D eigenvalue weighted by molar-refractivity contribution is -0.141. The zero-order valence-electron chi connectivity index (χ0n) is 9.91. The maximum absolute atomic E-state index is 12.3. The smallest absolute Gasteiger partial charge is 0.326 e. The van der Waals surface area contributed by atoms with Crippen molar-refractivity contribution in [2.45, 2.75) is 18.6 Å². The van der Waals surface area contributed by atoms with Crippen LogP contribution in [0.3, 0.4) is 0 Å². The Labute approximate surface area is 117 Å². The normalized spacial score (nSPS) is 22.5. The number of rotatable bonds is 2. The zero-order chi connectivity index (χ0) is 14.2. The lowest BCUT2D eigenvalue weighted by Crippen LogP contribution is -2.40. The van der Waals surface area contributed by atoms with Gasteiger partial charge in [0.1, 0.15) is 6.04 Å². The summed E-state index contributed by atoms with van der Waals surface area (Å²) in [4.78, 5) is 24.5. The molecule has 2 atom stereocenters. The highest BCUT2D eigenvalue weighted by atomic mass is 79.9. The number of halogens is 1. The van der Waals surface area contributed by atoms with E-state index < -0.39 is 24.0 Å². The van der Waals surface area contributed by atoms with Gasteiger partial charge in [0.05, 0.1) is 11.7 Å². The molecule has 102 valence electrons. The Balaban J connectivity index is 2.30. The molecule has 0 bridgehead atoms. The second-order valence-electron chi connectivity index (χ2n) is 4.43. The van der Waals surface area contributed by atoms with E-state index in [4.69, 9.17) is 10.8 Å². The number of nitrogens with zero attached hydrogens (tertiary/aromatic N) is 1. The van der Waals surface area contributed by atoms with Gasteiger partial charge in [-0.1, -0.05) is 15.9 Å². The van der Waals surface area contributed by atoms with Gasteiger partial charge in [0.25, 0.3) is 5.91 Å². The van der Waals surface area contributed by atoms with Crippen molar-refractivity contribution in [3.05, 3.63) is 28.2 Å².